The Hall–Kier alpha value is -1.65. The molecule has 0 unspecified atom stereocenters. The lowest BCUT2D eigenvalue weighted by atomic mass is 10.0. The van der Waals surface area contributed by atoms with Gasteiger partial charge in [-0.2, -0.15) is 0 Å². The first-order valence-corrected chi connectivity index (χ1v) is 5.51. The van der Waals surface area contributed by atoms with Gasteiger partial charge in [-0.25, -0.2) is 9.48 Å². The number of rotatable bonds is 4. The molecule has 0 amide bonds. The molecule has 1 aliphatic rings. The van der Waals surface area contributed by atoms with Crippen LogP contribution in [0.25, 0.3) is 0 Å². The van der Waals surface area contributed by atoms with Gasteiger partial charge in [-0.3, -0.25) is 0 Å². The van der Waals surface area contributed by atoms with E-state index < -0.39 is 5.97 Å². The molecule has 1 saturated carbocycles. The molecular weight excluding hydrogens is 206 g/mol. The van der Waals surface area contributed by atoms with Crippen molar-refractivity contribution in [3.8, 4) is 0 Å². The summed E-state index contributed by atoms with van der Waals surface area (Å²) in [6, 6.07) is 0. The van der Waals surface area contributed by atoms with Crippen LogP contribution >= 0.6 is 0 Å². The highest BCUT2D eigenvalue weighted by Gasteiger charge is 2.28. The van der Waals surface area contributed by atoms with Crippen LogP contribution in [0.2, 0.25) is 0 Å². The van der Waals surface area contributed by atoms with Gasteiger partial charge in [0.15, 0.2) is 5.69 Å². The topological polar surface area (TPSA) is 68.0 Å². The van der Waals surface area contributed by atoms with Crippen LogP contribution in [-0.2, 0) is 6.54 Å². The monoisotopic (exact) mass is 221 g/mol. The molecule has 0 radical (unpaired) electrons. The van der Waals surface area contributed by atoms with E-state index in [2.05, 4.69) is 16.9 Å². The second-order valence-corrected chi connectivity index (χ2v) is 4.08. The third-order valence-corrected chi connectivity index (χ3v) is 3.02. The lowest BCUT2D eigenvalue weighted by Crippen LogP contribution is -2.10. The molecule has 5 nitrogen and oxygen atoms in total. The summed E-state index contributed by atoms with van der Waals surface area (Å²) in [6.45, 7) is 4.16. The van der Waals surface area contributed by atoms with Crippen molar-refractivity contribution in [3.63, 3.8) is 0 Å². The Bertz CT molecular complexity index is 405. The molecule has 1 fully saturated rings. The molecular formula is C11H15N3O2. The van der Waals surface area contributed by atoms with Crippen LogP contribution in [0.4, 0.5) is 0 Å². The van der Waals surface area contributed by atoms with E-state index in [4.69, 9.17) is 5.11 Å². The van der Waals surface area contributed by atoms with E-state index in [-0.39, 0.29) is 5.69 Å². The largest absolute Gasteiger partial charge is 0.476 e. The summed E-state index contributed by atoms with van der Waals surface area (Å²) in [4.78, 5) is 11.1. The lowest BCUT2D eigenvalue weighted by molar-refractivity contribution is 0.0688. The van der Waals surface area contributed by atoms with Crippen molar-refractivity contribution < 1.29 is 9.90 Å². The van der Waals surface area contributed by atoms with Gasteiger partial charge in [0.05, 0.1) is 12.2 Å². The van der Waals surface area contributed by atoms with Crippen LogP contribution in [-0.4, -0.2) is 26.1 Å². The van der Waals surface area contributed by atoms with E-state index in [1.54, 1.807) is 10.8 Å². The molecule has 1 N–H and O–H groups in total. The fraction of sp³-hybridized carbons (Fsp3) is 0.545. The molecule has 5 heteroatoms. The minimum absolute atomic E-state index is 0.105. The van der Waals surface area contributed by atoms with Gasteiger partial charge in [-0.1, -0.05) is 24.1 Å². The minimum atomic E-state index is -0.989. The summed E-state index contributed by atoms with van der Waals surface area (Å²) < 4.78 is 1.66. The number of allylic oxidation sites excluding steroid dienone is 1. The van der Waals surface area contributed by atoms with Crippen LogP contribution < -0.4 is 0 Å². The second kappa shape index (κ2) is 4.47. The zero-order valence-electron chi connectivity index (χ0n) is 9.09. The van der Waals surface area contributed by atoms with Crippen molar-refractivity contribution in [1.29, 1.82) is 0 Å². The molecule has 16 heavy (non-hydrogen) atoms. The Morgan fingerprint density at radius 1 is 1.56 bits per heavy atom. The van der Waals surface area contributed by atoms with Crippen LogP contribution in [0.3, 0.4) is 0 Å². The van der Waals surface area contributed by atoms with Crippen LogP contribution in [0.1, 0.15) is 47.8 Å². The summed E-state index contributed by atoms with van der Waals surface area (Å²) in [7, 11) is 0. The number of carboxylic acid groups (broad SMARTS) is 1. The molecule has 1 heterocycles. The van der Waals surface area contributed by atoms with Gasteiger partial charge in [-0.15, -0.1) is 11.7 Å². The van der Waals surface area contributed by atoms with Gasteiger partial charge >= 0.3 is 5.97 Å². The summed E-state index contributed by atoms with van der Waals surface area (Å²) in [6.07, 6.45) is 6.08. The molecule has 0 saturated heterocycles. The van der Waals surface area contributed by atoms with E-state index >= 15 is 0 Å². The molecule has 1 aromatic rings. The number of aromatic carboxylic acids is 1. The SMILES string of the molecule is C=CCn1nnc(C(=O)O)c1C1CCCC1. The normalized spacial score (nSPS) is 16.5. The number of nitrogens with zero attached hydrogens (tertiary/aromatic N) is 3. The molecule has 0 spiro atoms. The van der Waals surface area contributed by atoms with E-state index in [0.29, 0.717) is 12.5 Å². The quantitative estimate of drug-likeness (QED) is 0.787. The summed E-state index contributed by atoms with van der Waals surface area (Å²) >= 11 is 0. The highest BCUT2D eigenvalue weighted by molar-refractivity contribution is 5.86. The first-order valence-electron chi connectivity index (χ1n) is 5.51. The maximum absolute atomic E-state index is 11.1. The van der Waals surface area contributed by atoms with Crippen LogP contribution in [0.15, 0.2) is 12.7 Å². The van der Waals surface area contributed by atoms with Gasteiger partial charge in [0.1, 0.15) is 0 Å². The van der Waals surface area contributed by atoms with Crippen LogP contribution in [0, 0.1) is 0 Å². The van der Waals surface area contributed by atoms with Crippen LogP contribution in [0.5, 0.6) is 0 Å². The number of carbonyl (C=O) groups is 1. The summed E-state index contributed by atoms with van der Waals surface area (Å²) in [5, 5.41) is 16.7. The number of carboxylic acids is 1. The van der Waals surface area contributed by atoms with E-state index in [1.807, 2.05) is 0 Å². The average molecular weight is 221 g/mol. The smallest absolute Gasteiger partial charge is 0.358 e. The highest BCUT2D eigenvalue weighted by Crippen LogP contribution is 2.35. The standard InChI is InChI=1S/C11H15N3O2/c1-2-7-14-10(8-5-3-4-6-8)9(11(15)16)12-13-14/h2,8H,1,3-7H2,(H,15,16). The van der Waals surface area contributed by atoms with Gasteiger partial charge in [0, 0.05) is 5.92 Å². The molecule has 0 bridgehead atoms. The second-order valence-electron chi connectivity index (χ2n) is 4.08. The predicted molar refractivity (Wildman–Crippen MR) is 58.4 cm³/mol. The first kappa shape index (κ1) is 10.9. The Morgan fingerprint density at radius 2 is 2.25 bits per heavy atom. The maximum atomic E-state index is 11.1. The zero-order valence-corrected chi connectivity index (χ0v) is 9.09. The molecule has 0 aromatic carbocycles. The fourth-order valence-electron chi connectivity index (χ4n) is 2.33. The number of hydrogen-bond acceptors (Lipinski definition) is 3. The van der Waals surface area contributed by atoms with Crippen molar-refractivity contribution in [2.75, 3.05) is 0 Å². The van der Waals surface area contributed by atoms with E-state index in [0.717, 1.165) is 31.4 Å². The van der Waals surface area contributed by atoms with Gasteiger partial charge in [0.2, 0.25) is 0 Å². The maximum Gasteiger partial charge on any atom is 0.358 e. The zero-order chi connectivity index (χ0) is 11.5. The lowest BCUT2D eigenvalue weighted by Gasteiger charge is -2.11. The van der Waals surface area contributed by atoms with Crippen molar-refractivity contribution in [1.82, 2.24) is 15.0 Å². The van der Waals surface area contributed by atoms with Crippen molar-refractivity contribution in [3.05, 3.63) is 24.0 Å². The molecule has 1 aromatic heterocycles. The minimum Gasteiger partial charge on any atom is -0.476 e. The third-order valence-electron chi connectivity index (χ3n) is 3.02. The van der Waals surface area contributed by atoms with Gasteiger partial charge in [-0.05, 0) is 12.8 Å². The molecule has 86 valence electrons. The van der Waals surface area contributed by atoms with Crippen molar-refractivity contribution in [2.24, 2.45) is 0 Å². The number of hydrogen-bond donors (Lipinski definition) is 1. The van der Waals surface area contributed by atoms with E-state index in [1.165, 1.54) is 0 Å². The van der Waals surface area contributed by atoms with Gasteiger partial charge < -0.3 is 5.11 Å². The van der Waals surface area contributed by atoms with Gasteiger partial charge in [0.25, 0.3) is 0 Å². The summed E-state index contributed by atoms with van der Waals surface area (Å²) in [5.41, 5.74) is 0.874. The molecule has 2 rings (SSSR count). The molecule has 0 atom stereocenters. The van der Waals surface area contributed by atoms with Crippen molar-refractivity contribution in [2.45, 2.75) is 38.1 Å². The Labute approximate surface area is 93.8 Å². The molecule has 0 aliphatic heterocycles. The predicted octanol–water partition coefficient (Wildman–Crippen LogP) is 1.82. The Morgan fingerprint density at radius 3 is 2.81 bits per heavy atom. The number of aromatic nitrogens is 3. The first-order chi connectivity index (χ1) is 7.74. The van der Waals surface area contributed by atoms with E-state index in [9.17, 15) is 4.79 Å². The highest BCUT2D eigenvalue weighted by atomic mass is 16.4. The van der Waals surface area contributed by atoms with Crippen molar-refractivity contribution >= 4 is 5.97 Å². The Balaban J connectivity index is 2.39. The Kier molecular flexibility index (Phi) is 3.03. The average Bonchev–Trinajstić information content (AvgIpc) is 2.84. The molecule has 1 aliphatic carbocycles. The third kappa shape index (κ3) is 1.85. The fourth-order valence-corrected chi connectivity index (χ4v) is 2.33. The summed E-state index contributed by atoms with van der Waals surface area (Å²) in [5.74, 6) is -0.696.